The zero-order valence-corrected chi connectivity index (χ0v) is 15.1. The molecule has 0 saturated carbocycles. The van der Waals surface area contributed by atoms with Gasteiger partial charge in [0.15, 0.2) is 6.10 Å². The number of hydrogen-bond acceptors (Lipinski definition) is 2. The highest BCUT2D eigenvalue weighted by molar-refractivity contribution is 6.35. The third-order valence-corrected chi connectivity index (χ3v) is 4.41. The van der Waals surface area contributed by atoms with Crippen LogP contribution in [0.2, 0.25) is 10.0 Å². The average molecular weight is 374 g/mol. The molecule has 3 rings (SSSR count). The maximum atomic E-state index is 12.5. The average Bonchev–Trinajstić information content (AvgIpc) is 2.62. The number of nitrogens with one attached hydrogen (secondary N) is 1. The molecule has 0 bridgehead atoms. The Balaban J connectivity index is 1.76. The molecule has 1 N–H and O–H groups in total. The van der Waals surface area contributed by atoms with Gasteiger partial charge in [0, 0.05) is 5.02 Å². The Kier molecular flexibility index (Phi) is 5.47. The van der Waals surface area contributed by atoms with Crippen LogP contribution in [0.25, 0.3) is 10.8 Å². The van der Waals surface area contributed by atoms with Gasteiger partial charge in [-0.25, -0.2) is 0 Å². The Labute approximate surface area is 156 Å². The van der Waals surface area contributed by atoms with Crippen molar-refractivity contribution >= 4 is 45.6 Å². The quantitative estimate of drug-likeness (QED) is 0.600. The van der Waals surface area contributed by atoms with E-state index in [0.717, 1.165) is 10.8 Å². The van der Waals surface area contributed by atoms with Gasteiger partial charge in [-0.3, -0.25) is 4.79 Å². The fourth-order valence-electron chi connectivity index (χ4n) is 2.53. The van der Waals surface area contributed by atoms with Gasteiger partial charge in [0.05, 0.1) is 10.7 Å². The Morgan fingerprint density at radius 3 is 2.56 bits per heavy atom. The summed E-state index contributed by atoms with van der Waals surface area (Å²) in [4.78, 5) is 12.5. The van der Waals surface area contributed by atoms with Crippen molar-refractivity contribution in [3.8, 4) is 5.75 Å². The molecular formula is C20H17Cl2NO2. The first-order valence-electron chi connectivity index (χ1n) is 7.98. The van der Waals surface area contributed by atoms with Gasteiger partial charge in [-0.05, 0) is 47.5 Å². The minimum atomic E-state index is -0.629. The Morgan fingerprint density at radius 1 is 1.04 bits per heavy atom. The summed E-state index contributed by atoms with van der Waals surface area (Å²) in [5, 5.41) is 5.90. The number of benzene rings is 3. The first-order chi connectivity index (χ1) is 12.1. The van der Waals surface area contributed by atoms with Gasteiger partial charge in [0.2, 0.25) is 0 Å². The van der Waals surface area contributed by atoms with Crippen LogP contribution in [0.4, 0.5) is 5.69 Å². The van der Waals surface area contributed by atoms with Crippen molar-refractivity contribution in [2.75, 3.05) is 5.32 Å². The van der Waals surface area contributed by atoms with Crippen LogP contribution >= 0.6 is 23.2 Å². The van der Waals surface area contributed by atoms with Crippen LogP contribution in [0.15, 0.2) is 60.7 Å². The minimum absolute atomic E-state index is 0.264. The number of hydrogen-bond donors (Lipinski definition) is 1. The molecule has 0 spiro atoms. The second-order valence-electron chi connectivity index (χ2n) is 5.64. The molecule has 0 aliphatic carbocycles. The highest BCUT2D eigenvalue weighted by Gasteiger charge is 2.19. The monoisotopic (exact) mass is 373 g/mol. The smallest absolute Gasteiger partial charge is 0.265 e. The lowest BCUT2D eigenvalue weighted by Gasteiger charge is -2.18. The minimum Gasteiger partial charge on any atom is -0.481 e. The lowest BCUT2D eigenvalue weighted by atomic mass is 10.1. The first kappa shape index (κ1) is 17.6. The fourth-order valence-corrected chi connectivity index (χ4v) is 2.87. The number of carbonyl (C=O) groups excluding carboxylic acids is 1. The molecule has 25 heavy (non-hydrogen) atoms. The highest BCUT2D eigenvalue weighted by atomic mass is 35.5. The topological polar surface area (TPSA) is 38.3 Å². The van der Waals surface area contributed by atoms with Gasteiger partial charge in [-0.1, -0.05) is 60.5 Å². The molecule has 0 heterocycles. The van der Waals surface area contributed by atoms with E-state index in [0.29, 0.717) is 27.9 Å². The predicted molar refractivity (Wildman–Crippen MR) is 104 cm³/mol. The second kappa shape index (κ2) is 7.77. The Hall–Kier alpha value is -2.23. The number of anilines is 1. The van der Waals surface area contributed by atoms with Crippen molar-refractivity contribution < 1.29 is 9.53 Å². The lowest BCUT2D eigenvalue weighted by molar-refractivity contribution is -0.122. The molecule has 0 fully saturated rings. The van der Waals surface area contributed by atoms with Gasteiger partial charge in [-0.2, -0.15) is 0 Å². The van der Waals surface area contributed by atoms with Crippen LogP contribution in [0, 0.1) is 0 Å². The number of amides is 1. The number of halogens is 2. The van der Waals surface area contributed by atoms with Crippen LogP contribution in [0.1, 0.15) is 13.3 Å². The van der Waals surface area contributed by atoms with Gasteiger partial charge < -0.3 is 10.1 Å². The van der Waals surface area contributed by atoms with Crippen LogP contribution in [0.3, 0.4) is 0 Å². The number of ether oxygens (including phenoxy) is 1. The molecule has 0 aromatic heterocycles. The van der Waals surface area contributed by atoms with E-state index in [1.54, 1.807) is 18.2 Å². The van der Waals surface area contributed by atoms with E-state index in [2.05, 4.69) is 5.32 Å². The van der Waals surface area contributed by atoms with E-state index in [-0.39, 0.29) is 5.91 Å². The summed E-state index contributed by atoms with van der Waals surface area (Å²) in [5.74, 6) is 0.387. The Bertz CT molecular complexity index is 911. The lowest BCUT2D eigenvalue weighted by Crippen LogP contribution is -2.32. The molecule has 0 radical (unpaired) electrons. The van der Waals surface area contributed by atoms with Gasteiger partial charge in [0.25, 0.3) is 5.91 Å². The third kappa shape index (κ3) is 4.25. The zero-order valence-electron chi connectivity index (χ0n) is 13.6. The van der Waals surface area contributed by atoms with Gasteiger partial charge in [-0.15, -0.1) is 0 Å². The molecule has 0 saturated heterocycles. The van der Waals surface area contributed by atoms with Crippen molar-refractivity contribution in [3.05, 3.63) is 70.7 Å². The predicted octanol–water partition coefficient (Wildman–Crippen LogP) is 5.94. The summed E-state index contributed by atoms with van der Waals surface area (Å²) >= 11 is 12.1. The molecule has 0 aliphatic heterocycles. The van der Waals surface area contributed by atoms with Crippen LogP contribution in [-0.2, 0) is 4.79 Å². The molecule has 0 aliphatic rings. The number of carbonyl (C=O) groups is 1. The van der Waals surface area contributed by atoms with E-state index in [4.69, 9.17) is 27.9 Å². The molecule has 1 amide bonds. The molecule has 3 aromatic rings. The summed E-state index contributed by atoms with van der Waals surface area (Å²) in [6, 6.07) is 18.7. The van der Waals surface area contributed by atoms with Crippen LogP contribution in [-0.4, -0.2) is 12.0 Å². The number of fused-ring (bicyclic) bond motifs is 1. The van der Waals surface area contributed by atoms with Gasteiger partial charge in [0.1, 0.15) is 5.75 Å². The first-order valence-corrected chi connectivity index (χ1v) is 8.74. The van der Waals surface area contributed by atoms with E-state index < -0.39 is 6.10 Å². The van der Waals surface area contributed by atoms with Crippen molar-refractivity contribution in [2.24, 2.45) is 0 Å². The SMILES string of the molecule is CC[C@@H](Oc1ccc2ccccc2c1)C(=O)Nc1cc(Cl)ccc1Cl. The molecule has 0 unspecified atom stereocenters. The summed E-state index contributed by atoms with van der Waals surface area (Å²) in [7, 11) is 0. The second-order valence-corrected chi connectivity index (χ2v) is 6.48. The maximum Gasteiger partial charge on any atom is 0.265 e. The molecule has 3 aromatic carbocycles. The largest absolute Gasteiger partial charge is 0.481 e. The van der Waals surface area contributed by atoms with Crippen molar-refractivity contribution in [1.29, 1.82) is 0 Å². The summed E-state index contributed by atoms with van der Waals surface area (Å²) in [6.45, 7) is 1.89. The zero-order chi connectivity index (χ0) is 17.8. The molecular weight excluding hydrogens is 357 g/mol. The summed E-state index contributed by atoms with van der Waals surface area (Å²) in [5.41, 5.74) is 0.472. The van der Waals surface area contributed by atoms with E-state index in [9.17, 15) is 4.79 Å². The standard InChI is InChI=1S/C20H17Cl2NO2/c1-2-19(20(24)23-18-12-15(21)8-10-17(18)22)25-16-9-7-13-5-3-4-6-14(13)11-16/h3-12,19H,2H2,1H3,(H,23,24)/t19-/m1/s1. The van der Waals surface area contributed by atoms with Crippen molar-refractivity contribution in [2.45, 2.75) is 19.4 Å². The van der Waals surface area contributed by atoms with Crippen LogP contribution in [0.5, 0.6) is 5.75 Å². The highest BCUT2D eigenvalue weighted by Crippen LogP contribution is 2.26. The molecule has 128 valence electrons. The summed E-state index contributed by atoms with van der Waals surface area (Å²) in [6.07, 6.45) is -0.104. The van der Waals surface area contributed by atoms with Crippen LogP contribution < -0.4 is 10.1 Å². The fraction of sp³-hybridized carbons (Fsp3) is 0.150. The molecule has 1 atom stereocenters. The molecule has 5 heteroatoms. The normalized spacial score (nSPS) is 12.0. The number of rotatable bonds is 5. The third-order valence-electron chi connectivity index (χ3n) is 3.85. The van der Waals surface area contributed by atoms with E-state index >= 15 is 0 Å². The maximum absolute atomic E-state index is 12.5. The molecule has 3 nitrogen and oxygen atoms in total. The van der Waals surface area contributed by atoms with Crippen molar-refractivity contribution in [1.82, 2.24) is 0 Å². The van der Waals surface area contributed by atoms with Crippen molar-refractivity contribution in [3.63, 3.8) is 0 Å². The van der Waals surface area contributed by atoms with E-state index in [1.165, 1.54) is 0 Å². The van der Waals surface area contributed by atoms with E-state index in [1.807, 2.05) is 49.4 Å². The summed E-state index contributed by atoms with van der Waals surface area (Å²) < 4.78 is 5.89. The van der Waals surface area contributed by atoms with Gasteiger partial charge >= 0.3 is 0 Å². The Morgan fingerprint density at radius 2 is 1.80 bits per heavy atom.